The van der Waals surface area contributed by atoms with Crippen LogP contribution in [0, 0.1) is 13.8 Å². The molecule has 0 fully saturated rings. The summed E-state index contributed by atoms with van der Waals surface area (Å²) in [5.41, 5.74) is 4.34. The van der Waals surface area contributed by atoms with Gasteiger partial charge in [-0.15, -0.1) is 0 Å². The maximum Gasteiger partial charge on any atom is 0.0814 e. The van der Waals surface area contributed by atoms with Crippen molar-refractivity contribution >= 4 is 21.8 Å². The zero-order chi connectivity index (χ0) is 11.1. The van der Waals surface area contributed by atoms with Gasteiger partial charge in [-0.05, 0) is 38.1 Å². The normalized spacial score (nSPS) is 11.1. The molecule has 2 aromatic heterocycles. The van der Waals surface area contributed by atoms with Gasteiger partial charge < -0.3 is 0 Å². The fourth-order valence-corrected chi connectivity index (χ4v) is 1.98. The number of pyridine rings is 2. The smallest absolute Gasteiger partial charge is 0.0814 e. The molecule has 0 radical (unpaired) electrons. The van der Waals surface area contributed by atoms with Crippen molar-refractivity contribution in [3.8, 4) is 0 Å². The highest BCUT2D eigenvalue weighted by molar-refractivity contribution is 6.03. The first kappa shape index (κ1) is 9.28. The van der Waals surface area contributed by atoms with Gasteiger partial charge in [0.1, 0.15) is 0 Å². The molecule has 1 aromatic carbocycles. The van der Waals surface area contributed by atoms with Gasteiger partial charge in [-0.1, -0.05) is 11.6 Å². The molecular formula is C14H12N2. The van der Waals surface area contributed by atoms with Crippen molar-refractivity contribution < 1.29 is 0 Å². The first-order valence-corrected chi connectivity index (χ1v) is 5.37. The number of hydrogen-bond acceptors (Lipinski definition) is 2. The summed E-state index contributed by atoms with van der Waals surface area (Å²) in [5, 5.41) is 2.24. The summed E-state index contributed by atoms with van der Waals surface area (Å²) < 4.78 is 0. The van der Waals surface area contributed by atoms with Crippen LogP contribution in [0.5, 0.6) is 0 Å². The van der Waals surface area contributed by atoms with E-state index < -0.39 is 0 Å². The van der Waals surface area contributed by atoms with Gasteiger partial charge in [0.25, 0.3) is 0 Å². The minimum atomic E-state index is 1.01. The Labute approximate surface area is 94.0 Å². The zero-order valence-corrected chi connectivity index (χ0v) is 9.36. The second kappa shape index (κ2) is 3.27. The average molecular weight is 208 g/mol. The largest absolute Gasteiger partial charge is 0.255 e. The van der Waals surface area contributed by atoms with Gasteiger partial charge in [-0.25, -0.2) is 0 Å². The van der Waals surface area contributed by atoms with Crippen molar-refractivity contribution in [1.82, 2.24) is 9.97 Å². The van der Waals surface area contributed by atoms with Crippen molar-refractivity contribution in [1.29, 1.82) is 0 Å². The van der Waals surface area contributed by atoms with Crippen LogP contribution >= 0.6 is 0 Å². The van der Waals surface area contributed by atoms with Crippen LogP contribution in [0.15, 0.2) is 36.5 Å². The Morgan fingerprint density at radius 2 is 1.88 bits per heavy atom. The predicted molar refractivity (Wildman–Crippen MR) is 66.5 cm³/mol. The minimum Gasteiger partial charge on any atom is -0.255 e. The molecule has 0 aliphatic carbocycles. The maximum absolute atomic E-state index is 4.60. The van der Waals surface area contributed by atoms with Gasteiger partial charge in [0.2, 0.25) is 0 Å². The molecule has 0 spiro atoms. The van der Waals surface area contributed by atoms with Crippen LogP contribution in [0.1, 0.15) is 11.3 Å². The standard InChI is InChI=1S/C14H12N2/c1-9-3-6-13-12(7-9)14-11(8-15-13)5-4-10(2)16-14/h3-8H,1-2H3. The Balaban J connectivity index is 2.55. The highest BCUT2D eigenvalue weighted by Crippen LogP contribution is 2.22. The molecule has 0 saturated heterocycles. The number of hydrogen-bond donors (Lipinski definition) is 0. The molecule has 3 rings (SSSR count). The average Bonchev–Trinajstić information content (AvgIpc) is 2.29. The highest BCUT2D eigenvalue weighted by atomic mass is 14.7. The number of aryl methyl sites for hydroxylation is 2. The summed E-state index contributed by atoms with van der Waals surface area (Å²) in [4.78, 5) is 9.05. The zero-order valence-electron chi connectivity index (χ0n) is 9.36. The summed E-state index contributed by atoms with van der Waals surface area (Å²) in [6.45, 7) is 4.11. The van der Waals surface area contributed by atoms with Crippen LogP contribution in [0.3, 0.4) is 0 Å². The fraction of sp³-hybridized carbons (Fsp3) is 0.143. The molecule has 0 aliphatic rings. The monoisotopic (exact) mass is 208 g/mol. The summed E-state index contributed by atoms with van der Waals surface area (Å²) in [6, 6.07) is 10.4. The molecular weight excluding hydrogens is 196 g/mol. The van der Waals surface area contributed by atoms with E-state index in [1.54, 1.807) is 0 Å². The second-order valence-corrected chi connectivity index (χ2v) is 4.17. The van der Waals surface area contributed by atoms with E-state index >= 15 is 0 Å². The van der Waals surface area contributed by atoms with E-state index in [1.165, 1.54) is 5.56 Å². The van der Waals surface area contributed by atoms with Crippen LogP contribution in [-0.2, 0) is 0 Å². The van der Waals surface area contributed by atoms with Crippen LogP contribution in [-0.4, -0.2) is 9.97 Å². The van der Waals surface area contributed by atoms with Crippen molar-refractivity contribution in [2.45, 2.75) is 13.8 Å². The topological polar surface area (TPSA) is 25.8 Å². The molecule has 0 atom stereocenters. The molecule has 78 valence electrons. The summed E-state index contributed by atoms with van der Waals surface area (Å²) in [7, 11) is 0. The van der Waals surface area contributed by atoms with Crippen molar-refractivity contribution in [3.05, 3.63) is 47.8 Å². The molecule has 3 aromatic rings. The SMILES string of the molecule is Cc1ccc2ncc3ccc(C)nc3c2c1. The molecule has 2 heterocycles. The number of aromatic nitrogens is 2. The van der Waals surface area contributed by atoms with Crippen molar-refractivity contribution in [3.63, 3.8) is 0 Å². The quantitative estimate of drug-likeness (QED) is 0.529. The lowest BCUT2D eigenvalue weighted by Gasteiger charge is -2.04. The van der Waals surface area contributed by atoms with E-state index in [0.29, 0.717) is 0 Å². The lowest BCUT2D eigenvalue weighted by Crippen LogP contribution is -1.88. The van der Waals surface area contributed by atoms with E-state index in [9.17, 15) is 0 Å². The van der Waals surface area contributed by atoms with Gasteiger partial charge in [-0.3, -0.25) is 9.97 Å². The van der Waals surface area contributed by atoms with Gasteiger partial charge in [0.15, 0.2) is 0 Å². The molecule has 0 bridgehead atoms. The molecule has 2 heteroatoms. The Bertz CT molecular complexity index is 626. The Hall–Kier alpha value is -1.96. The van der Waals surface area contributed by atoms with E-state index in [4.69, 9.17) is 0 Å². The second-order valence-electron chi connectivity index (χ2n) is 4.17. The molecule has 0 amide bonds. The van der Waals surface area contributed by atoms with Gasteiger partial charge in [-0.2, -0.15) is 0 Å². The predicted octanol–water partition coefficient (Wildman–Crippen LogP) is 3.40. The highest BCUT2D eigenvalue weighted by Gasteiger charge is 2.03. The summed E-state index contributed by atoms with van der Waals surface area (Å²) >= 11 is 0. The molecule has 0 aliphatic heterocycles. The van der Waals surface area contributed by atoms with Crippen molar-refractivity contribution in [2.24, 2.45) is 0 Å². The first-order valence-electron chi connectivity index (χ1n) is 5.37. The third-order valence-electron chi connectivity index (χ3n) is 2.82. The molecule has 0 N–H and O–H groups in total. The third-order valence-corrected chi connectivity index (χ3v) is 2.82. The molecule has 2 nitrogen and oxygen atoms in total. The van der Waals surface area contributed by atoms with Gasteiger partial charge >= 0.3 is 0 Å². The van der Waals surface area contributed by atoms with Crippen LogP contribution in [0.4, 0.5) is 0 Å². The van der Waals surface area contributed by atoms with Crippen LogP contribution < -0.4 is 0 Å². The number of rotatable bonds is 0. The lowest BCUT2D eigenvalue weighted by molar-refractivity contribution is 1.25. The maximum atomic E-state index is 4.60. The van der Waals surface area contributed by atoms with E-state index in [1.807, 2.05) is 25.3 Å². The first-order chi connectivity index (χ1) is 7.74. The van der Waals surface area contributed by atoms with Crippen molar-refractivity contribution in [2.75, 3.05) is 0 Å². The van der Waals surface area contributed by atoms with E-state index in [0.717, 1.165) is 27.5 Å². The number of nitrogens with zero attached hydrogens (tertiary/aromatic N) is 2. The summed E-state index contributed by atoms with van der Waals surface area (Å²) in [6.07, 6.45) is 1.89. The fourth-order valence-electron chi connectivity index (χ4n) is 1.98. The van der Waals surface area contributed by atoms with E-state index in [-0.39, 0.29) is 0 Å². The number of benzene rings is 1. The Morgan fingerprint density at radius 1 is 1.00 bits per heavy atom. The molecule has 0 unspecified atom stereocenters. The molecule has 0 saturated carbocycles. The Kier molecular flexibility index (Phi) is 1.90. The third kappa shape index (κ3) is 1.34. The number of fused-ring (bicyclic) bond motifs is 3. The Morgan fingerprint density at radius 3 is 2.75 bits per heavy atom. The molecule has 16 heavy (non-hydrogen) atoms. The van der Waals surface area contributed by atoms with Gasteiger partial charge in [0, 0.05) is 22.7 Å². The lowest BCUT2D eigenvalue weighted by atomic mass is 10.1. The summed E-state index contributed by atoms with van der Waals surface area (Å²) in [5.74, 6) is 0. The van der Waals surface area contributed by atoms with Crippen LogP contribution in [0.25, 0.3) is 21.8 Å². The minimum absolute atomic E-state index is 1.01. The van der Waals surface area contributed by atoms with Gasteiger partial charge in [0.05, 0.1) is 11.0 Å². The van der Waals surface area contributed by atoms with Crippen LogP contribution in [0.2, 0.25) is 0 Å². The van der Waals surface area contributed by atoms with E-state index in [2.05, 4.69) is 35.1 Å².